The number of nitrogens with one attached hydrogen (secondary N) is 2. The predicted octanol–water partition coefficient (Wildman–Crippen LogP) is 2.16. The summed E-state index contributed by atoms with van der Waals surface area (Å²) in [6.07, 6.45) is 6.93. The van der Waals surface area contributed by atoms with Crippen molar-refractivity contribution in [3.05, 3.63) is 42.5 Å². The van der Waals surface area contributed by atoms with Crippen LogP contribution in [0, 0.1) is 5.92 Å². The van der Waals surface area contributed by atoms with Gasteiger partial charge in [-0.05, 0) is 50.4 Å². The summed E-state index contributed by atoms with van der Waals surface area (Å²) >= 11 is 0. The van der Waals surface area contributed by atoms with E-state index in [0.29, 0.717) is 5.92 Å². The molecule has 1 unspecified atom stereocenters. The zero-order chi connectivity index (χ0) is 13.6. The van der Waals surface area contributed by atoms with Crippen molar-refractivity contribution < 1.29 is 0 Å². The van der Waals surface area contributed by atoms with Crippen molar-refractivity contribution in [3.63, 3.8) is 0 Å². The maximum atomic E-state index is 4.38. The third-order valence-electron chi connectivity index (χ3n) is 3.54. The fraction of sp³-hybridized carbons (Fsp3) is 0.400. The van der Waals surface area contributed by atoms with Gasteiger partial charge in [-0.3, -0.25) is 0 Å². The van der Waals surface area contributed by atoms with Gasteiger partial charge in [0.1, 0.15) is 18.0 Å². The summed E-state index contributed by atoms with van der Waals surface area (Å²) in [6, 6.07) is 7.79. The summed E-state index contributed by atoms with van der Waals surface area (Å²) in [5.74, 6) is 2.29. The fourth-order valence-corrected chi connectivity index (χ4v) is 2.54. The maximum Gasteiger partial charge on any atom is 0.135 e. The molecule has 2 N–H and O–H groups in total. The van der Waals surface area contributed by atoms with E-state index in [1.165, 1.54) is 12.8 Å². The van der Waals surface area contributed by atoms with Gasteiger partial charge in [-0.1, -0.05) is 6.07 Å². The van der Waals surface area contributed by atoms with Crippen molar-refractivity contribution >= 4 is 11.6 Å². The Morgan fingerprint density at radius 1 is 1.20 bits per heavy atom. The van der Waals surface area contributed by atoms with Crippen LogP contribution in [0.1, 0.15) is 18.5 Å². The van der Waals surface area contributed by atoms with Gasteiger partial charge in [0.2, 0.25) is 0 Å². The van der Waals surface area contributed by atoms with E-state index in [2.05, 4.69) is 25.6 Å². The molecule has 20 heavy (non-hydrogen) atoms. The Morgan fingerprint density at radius 3 is 3.00 bits per heavy atom. The molecule has 0 saturated carbocycles. The highest BCUT2D eigenvalue weighted by atomic mass is 15.1. The second-order valence-corrected chi connectivity index (χ2v) is 5.15. The van der Waals surface area contributed by atoms with E-state index in [-0.39, 0.29) is 0 Å². The van der Waals surface area contributed by atoms with E-state index in [4.69, 9.17) is 0 Å². The van der Waals surface area contributed by atoms with Gasteiger partial charge in [-0.2, -0.15) is 0 Å². The summed E-state index contributed by atoms with van der Waals surface area (Å²) in [7, 11) is 0. The van der Waals surface area contributed by atoms with E-state index in [0.717, 1.165) is 36.8 Å². The lowest BCUT2D eigenvalue weighted by Gasteiger charge is -2.22. The lowest BCUT2D eigenvalue weighted by atomic mass is 9.94. The number of hydrogen-bond acceptors (Lipinski definition) is 5. The van der Waals surface area contributed by atoms with Crippen molar-refractivity contribution in [3.8, 4) is 0 Å². The number of rotatable bonds is 4. The molecule has 0 aliphatic carbocycles. The number of aromatic nitrogens is 3. The highest BCUT2D eigenvalue weighted by Crippen LogP contribution is 2.17. The topological polar surface area (TPSA) is 62.7 Å². The van der Waals surface area contributed by atoms with Gasteiger partial charge in [0.05, 0.1) is 0 Å². The van der Waals surface area contributed by atoms with E-state index in [1.54, 1.807) is 12.5 Å². The van der Waals surface area contributed by atoms with Gasteiger partial charge >= 0.3 is 0 Å². The van der Waals surface area contributed by atoms with Crippen LogP contribution in [-0.2, 0) is 6.42 Å². The highest BCUT2D eigenvalue weighted by molar-refractivity contribution is 5.50. The van der Waals surface area contributed by atoms with Crippen LogP contribution < -0.4 is 10.6 Å². The Morgan fingerprint density at radius 2 is 2.20 bits per heavy atom. The molecule has 0 radical (unpaired) electrons. The van der Waals surface area contributed by atoms with Crippen LogP contribution in [0.5, 0.6) is 0 Å². The molecular formula is C15H19N5. The molecule has 5 nitrogen and oxygen atoms in total. The fourth-order valence-electron chi connectivity index (χ4n) is 2.54. The first kappa shape index (κ1) is 13.0. The molecule has 0 amide bonds. The standard InChI is InChI=1S/C15H19N5/c1-2-7-17-14(5-1)20-15-9-13(18-11-19-15)8-12-4-3-6-16-10-12/h1-2,5,7,9,11-12,16H,3-4,6,8,10H2,(H,17,18,19,20). The minimum atomic E-state index is 0.682. The van der Waals surface area contributed by atoms with Crippen molar-refractivity contribution in [1.29, 1.82) is 0 Å². The first-order valence-electron chi connectivity index (χ1n) is 7.10. The van der Waals surface area contributed by atoms with Gasteiger partial charge in [0, 0.05) is 18.0 Å². The van der Waals surface area contributed by atoms with Crippen LogP contribution in [0.25, 0.3) is 0 Å². The van der Waals surface area contributed by atoms with Gasteiger partial charge in [0.25, 0.3) is 0 Å². The molecular weight excluding hydrogens is 250 g/mol. The molecule has 2 aromatic heterocycles. The van der Waals surface area contributed by atoms with Crippen molar-refractivity contribution in [1.82, 2.24) is 20.3 Å². The molecule has 104 valence electrons. The first-order valence-corrected chi connectivity index (χ1v) is 7.10. The summed E-state index contributed by atoms with van der Waals surface area (Å²) in [6.45, 7) is 2.24. The minimum absolute atomic E-state index is 0.682. The molecule has 5 heteroatoms. The number of pyridine rings is 1. The second-order valence-electron chi connectivity index (χ2n) is 5.15. The summed E-state index contributed by atoms with van der Waals surface area (Å²) in [4.78, 5) is 12.9. The van der Waals surface area contributed by atoms with E-state index < -0.39 is 0 Å². The number of hydrogen-bond donors (Lipinski definition) is 2. The van der Waals surface area contributed by atoms with Crippen molar-refractivity contribution in [2.24, 2.45) is 5.92 Å². The van der Waals surface area contributed by atoms with Crippen LogP contribution in [-0.4, -0.2) is 28.0 Å². The number of piperidine rings is 1. The molecule has 1 saturated heterocycles. The number of anilines is 2. The molecule has 1 aliphatic heterocycles. The Balaban J connectivity index is 1.66. The molecule has 0 bridgehead atoms. The lowest BCUT2D eigenvalue weighted by Crippen LogP contribution is -2.31. The molecule has 1 fully saturated rings. The van der Waals surface area contributed by atoms with Crippen LogP contribution in [0.2, 0.25) is 0 Å². The quantitative estimate of drug-likeness (QED) is 0.890. The summed E-state index contributed by atoms with van der Waals surface area (Å²) in [5.41, 5.74) is 1.09. The molecule has 3 rings (SSSR count). The highest BCUT2D eigenvalue weighted by Gasteiger charge is 2.14. The predicted molar refractivity (Wildman–Crippen MR) is 78.8 cm³/mol. The second kappa shape index (κ2) is 6.43. The molecule has 3 heterocycles. The van der Waals surface area contributed by atoms with Crippen LogP contribution in [0.4, 0.5) is 11.6 Å². The van der Waals surface area contributed by atoms with Crippen LogP contribution >= 0.6 is 0 Å². The zero-order valence-electron chi connectivity index (χ0n) is 11.4. The normalized spacial score (nSPS) is 18.7. The van der Waals surface area contributed by atoms with E-state index in [9.17, 15) is 0 Å². The third-order valence-corrected chi connectivity index (χ3v) is 3.54. The average molecular weight is 269 g/mol. The third kappa shape index (κ3) is 3.51. The molecule has 1 atom stereocenters. The SMILES string of the molecule is c1ccc(Nc2cc(CC3CCCNC3)ncn2)nc1. The first-order chi connectivity index (χ1) is 9.90. The van der Waals surface area contributed by atoms with Crippen molar-refractivity contribution in [2.75, 3.05) is 18.4 Å². The zero-order valence-corrected chi connectivity index (χ0v) is 11.4. The molecule has 1 aliphatic rings. The van der Waals surface area contributed by atoms with Crippen LogP contribution in [0.3, 0.4) is 0 Å². The Bertz CT molecular complexity index is 537. The van der Waals surface area contributed by atoms with Gasteiger partial charge in [0.15, 0.2) is 0 Å². The lowest BCUT2D eigenvalue weighted by molar-refractivity contribution is 0.373. The Labute approximate surface area is 118 Å². The molecule has 0 aromatic carbocycles. The smallest absolute Gasteiger partial charge is 0.135 e. The largest absolute Gasteiger partial charge is 0.325 e. The summed E-state index contributed by atoms with van der Waals surface area (Å²) in [5, 5.41) is 6.64. The van der Waals surface area contributed by atoms with E-state index >= 15 is 0 Å². The summed E-state index contributed by atoms with van der Waals surface area (Å²) < 4.78 is 0. The monoisotopic (exact) mass is 269 g/mol. The van der Waals surface area contributed by atoms with Crippen LogP contribution in [0.15, 0.2) is 36.8 Å². The molecule has 0 spiro atoms. The van der Waals surface area contributed by atoms with E-state index in [1.807, 2.05) is 24.3 Å². The van der Waals surface area contributed by atoms with Gasteiger partial charge < -0.3 is 10.6 Å². The van der Waals surface area contributed by atoms with Gasteiger partial charge in [-0.15, -0.1) is 0 Å². The maximum absolute atomic E-state index is 4.38. The average Bonchev–Trinajstić information content (AvgIpc) is 2.50. The molecule has 2 aromatic rings. The number of nitrogens with zero attached hydrogens (tertiary/aromatic N) is 3. The Kier molecular flexibility index (Phi) is 4.18. The van der Waals surface area contributed by atoms with Gasteiger partial charge in [-0.25, -0.2) is 15.0 Å². The Hall–Kier alpha value is -2.01. The minimum Gasteiger partial charge on any atom is -0.325 e. The van der Waals surface area contributed by atoms with Crippen molar-refractivity contribution in [2.45, 2.75) is 19.3 Å².